The first-order valence-electron chi connectivity index (χ1n) is 62.9. The number of aliphatic imine (C=N–C) groups is 2. The molecule has 6 aromatic rings. The van der Waals surface area contributed by atoms with Crippen LogP contribution >= 0.6 is 70.6 Å². The zero-order valence-corrected chi connectivity index (χ0v) is 99.9. The third kappa shape index (κ3) is 49.5. The van der Waals surface area contributed by atoms with E-state index < -0.39 is 7.19 Å². The fraction of sp³-hybridized carbons (Fsp3) is 0.769. The molecule has 0 atom stereocenters. The van der Waals surface area contributed by atoms with Crippen molar-refractivity contribution in [2.45, 2.75) is 636 Å². The van der Waals surface area contributed by atoms with Crippen molar-refractivity contribution in [2.75, 3.05) is 34.5 Å². The van der Waals surface area contributed by atoms with Gasteiger partial charge in [-0.2, -0.15) is 0 Å². The second-order valence-electron chi connectivity index (χ2n) is 45.5. The van der Waals surface area contributed by atoms with Gasteiger partial charge in [-0.25, -0.2) is 20.0 Å². The molecule has 0 aliphatic carbocycles. The summed E-state index contributed by atoms with van der Waals surface area (Å²) in [5, 5.41) is 4.59. The lowest BCUT2D eigenvalue weighted by Crippen LogP contribution is -2.52. The highest BCUT2D eigenvalue weighted by Crippen LogP contribution is 2.48. The van der Waals surface area contributed by atoms with Crippen molar-refractivity contribution in [3.63, 3.8) is 0 Å². The minimum atomic E-state index is -0.712. The van der Waals surface area contributed by atoms with Crippen LogP contribution in [0.4, 0.5) is 11.6 Å². The van der Waals surface area contributed by atoms with Gasteiger partial charge in [0.15, 0.2) is 11.7 Å². The van der Waals surface area contributed by atoms with Gasteiger partial charge in [0.2, 0.25) is 0 Å². The smallest absolute Gasteiger partial charge is 0.523 e. The van der Waals surface area contributed by atoms with Crippen molar-refractivity contribution >= 4 is 123 Å². The lowest BCUT2D eigenvalue weighted by atomic mass is 9.87. The maximum absolute atomic E-state index is 7.96. The highest BCUT2D eigenvalue weighted by Gasteiger charge is 2.41. The van der Waals surface area contributed by atoms with Crippen LogP contribution in [0, 0.1) is 0 Å². The summed E-state index contributed by atoms with van der Waals surface area (Å²) in [4.78, 5) is 32.9. The minimum Gasteiger partial charge on any atom is -0.523 e. The fourth-order valence-corrected chi connectivity index (χ4v) is 28.9. The van der Waals surface area contributed by atoms with Gasteiger partial charge < -0.3 is 4.65 Å². The first kappa shape index (κ1) is 124. The molecule has 7 nitrogen and oxygen atoms in total. The molecule has 0 saturated heterocycles. The van der Waals surface area contributed by atoms with E-state index in [1.807, 2.05) is 0 Å². The van der Waals surface area contributed by atoms with E-state index in [1.54, 1.807) is 0 Å². The Morgan fingerprint density at radius 2 is 0.410 bits per heavy atom. The van der Waals surface area contributed by atoms with Gasteiger partial charge in [0.1, 0.15) is 28.4 Å². The van der Waals surface area contributed by atoms with Crippen molar-refractivity contribution in [1.29, 1.82) is 0 Å². The summed E-state index contributed by atoms with van der Waals surface area (Å²) in [7, 11) is -0.712. The van der Waals surface area contributed by atoms with Crippen molar-refractivity contribution in [2.24, 2.45) is 20.0 Å². The highest BCUT2D eigenvalue weighted by molar-refractivity contribution is 8.03. The van der Waals surface area contributed by atoms with Crippen LogP contribution < -0.4 is 15.6 Å². The van der Waals surface area contributed by atoms with Gasteiger partial charge in [-0.05, 0) is 133 Å². The standard InChI is InChI=1S/C130H217BN6OS6/c1-10-16-22-28-34-40-46-52-58-64-70-76-82-88-98-139-118-104-112-113(105-119(118)140-99-89-83-77-71-65-59-53-47-41-35-29-23-17-11-2)125-132-124(112)133-126-114-106-120(141-100-90-84-78-72-66-60-54-48-42-36-30-24-18-12-3)122(143-102-92-86-80-74-68-62-56-50-44-38-32-26-20-14-5)108-116(114)128-135-129-117-109-123(144-103-93-87-81-75-69-63-57-51-45-39-33-27-21-15-6)121(142-101-91-85-79-73-67-61-55-49-43-37-31-25-19-13-4)107-115(117)127(134-125)137(129)131(136(126)128)138-111-96-94-110(95-97-111)130(7,8)9/h94-97,104-109H,10-93,98-103H2,1-9H3. The van der Waals surface area contributed by atoms with Crippen LogP contribution in [0.2, 0.25) is 0 Å². The van der Waals surface area contributed by atoms with Gasteiger partial charge in [0.25, 0.3) is 0 Å². The van der Waals surface area contributed by atoms with Crippen LogP contribution in [0.5, 0.6) is 5.75 Å². The molecule has 4 bridgehead atoms. The molecule has 0 N–H and O–H groups in total. The summed E-state index contributed by atoms with van der Waals surface area (Å²) in [6, 6.07) is 24.5. The number of unbranched alkanes of at least 4 members (excludes halogenated alkanes) is 78. The van der Waals surface area contributed by atoms with Crippen molar-refractivity contribution < 1.29 is 4.65 Å². The summed E-state index contributed by atoms with van der Waals surface area (Å²) in [5.74, 6) is 10.8. The molecule has 0 fully saturated rings. The lowest BCUT2D eigenvalue weighted by molar-refractivity contribution is 0.527. The minimum absolute atomic E-state index is 0.0244. The van der Waals surface area contributed by atoms with Crippen LogP contribution in [-0.2, 0) is 5.41 Å². The van der Waals surface area contributed by atoms with E-state index in [0.717, 1.165) is 107 Å². The largest absolute Gasteiger partial charge is 0.633 e. The van der Waals surface area contributed by atoms with E-state index in [2.05, 4.69) is 203 Å². The number of nitrogens with zero attached hydrogens (tertiary/aromatic N) is 6. The Bertz CT molecular complexity index is 4460. The monoisotopic (exact) mass is 2080 g/mol. The van der Waals surface area contributed by atoms with E-state index in [9.17, 15) is 0 Å². The molecular formula is C130H217BN6OS6. The number of amidine groups is 2. The third-order valence-electron chi connectivity index (χ3n) is 31.4. The van der Waals surface area contributed by atoms with Crippen molar-refractivity contribution in [3.05, 3.63) is 88.3 Å². The van der Waals surface area contributed by atoms with Crippen molar-refractivity contribution in [3.8, 4) is 5.75 Å². The summed E-state index contributed by atoms with van der Waals surface area (Å²) < 4.78 is 12.8. The van der Waals surface area contributed by atoms with Gasteiger partial charge in [0.05, 0.1) is 0 Å². The van der Waals surface area contributed by atoms with E-state index in [1.165, 1.54) is 574 Å². The second-order valence-corrected chi connectivity index (χ2v) is 52.4. The van der Waals surface area contributed by atoms with Crippen LogP contribution in [0.3, 0.4) is 0 Å². The molecule has 0 unspecified atom stereocenters. The van der Waals surface area contributed by atoms with E-state index in [-0.39, 0.29) is 5.41 Å². The third-order valence-corrected chi connectivity index (χ3v) is 38.6. The zero-order valence-electron chi connectivity index (χ0n) is 95.0. The van der Waals surface area contributed by atoms with Gasteiger partial charge in [-0.15, -0.1) is 70.6 Å². The molecule has 812 valence electrons. The van der Waals surface area contributed by atoms with Crippen LogP contribution in [0.1, 0.15) is 618 Å². The first-order valence-corrected chi connectivity index (χ1v) is 68.8. The van der Waals surface area contributed by atoms with Gasteiger partial charge in [0, 0.05) is 62.0 Å². The average molecular weight is 2080 g/mol. The molecule has 3 aliphatic heterocycles. The number of thioether (sulfide) groups is 6. The van der Waals surface area contributed by atoms with Crippen LogP contribution in [0.25, 0.3) is 21.5 Å². The van der Waals surface area contributed by atoms with Gasteiger partial charge in [-0.3, -0.25) is 8.96 Å². The summed E-state index contributed by atoms with van der Waals surface area (Å²) >= 11 is 12.6. The molecule has 3 aliphatic rings. The topological polar surface area (TPSA) is 68.5 Å². The molecule has 5 heterocycles. The molecular weight excluding hydrogens is 1860 g/mol. The van der Waals surface area contributed by atoms with E-state index in [0.29, 0.717) is 0 Å². The molecule has 0 saturated carbocycles. The quantitative estimate of drug-likeness (QED) is 0.0214. The molecule has 0 spiro atoms. The molecule has 0 amide bonds. The Morgan fingerprint density at radius 3 is 0.639 bits per heavy atom. The van der Waals surface area contributed by atoms with Gasteiger partial charge >= 0.3 is 7.19 Å². The summed E-state index contributed by atoms with van der Waals surface area (Å²) in [5.41, 5.74) is 5.29. The number of rotatable bonds is 98. The number of benzene rings is 4. The fourth-order valence-electron chi connectivity index (χ4n) is 22.0. The van der Waals surface area contributed by atoms with E-state index in [4.69, 9.17) is 24.6 Å². The summed E-state index contributed by atoms with van der Waals surface area (Å²) in [6.45, 7) is 21.0. The molecule has 4 aromatic carbocycles. The second kappa shape index (κ2) is 80.7. The SMILES string of the molecule is CCCCCCCCCCCCCCCCSc1cc2c(cc1SCCCCCCCCCCCCCCCC)C1=Nc3c4cc(SCCCCCCCCCCCCCCCC)c(SCCCCCCCCCCCCCCCC)cc4c4n3B(Oc3ccc(C(C)(C)C)cc3)n3c(c5cc(SCCCCCCCCCCCCCCCC)c(SCCCCCCCCCCCCCCCC)cc5c3=N4)=NC2=N1. The summed E-state index contributed by atoms with van der Waals surface area (Å²) in [6.07, 6.45) is 116. The van der Waals surface area contributed by atoms with Crippen LogP contribution in [-0.4, -0.2) is 62.3 Å². The molecule has 14 heteroatoms. The Balaban J connectivity index is 1.11. The number of hydrogen-bond donors (Lipinski definition) is 0. The van der Waals surface area contributed by atoms with Crippen molar-refractivity contribution in [1.82, 2.24) is 8.96 Å². The van der Waals surface area contributed by atoms with E-state index >= 15 is 0 Å². The first-order chi connectivity index (χ1) is 71.1. The van der Waals surface area contributed by atoms with Gasteiger partial charge in [-0.1, -0.05) is 575 Å². The Labute approximate surface area is 913 Å². The number of fused-ring (bicyclic) bond motifs is 10. The maximum Gasteiger partial charge on any atom is 0.633 e. The Kier molecular flexibility index (Phi) is 69.6. The zero-order chi connectivity index (χ0) is 101. The number of hydrogen-bond acceptors (Lipinski definition) is 11. The molecule has 2 aromatic heterocycles. The predicted octanol–water partition coefficient (Wildman–Crippen LogP) is 45.5. The average Bonchev–Trinajstić information content (AvgIpc) is 1.53. The highest BCUT2D eigenvalue weighted by atomic mass is 32.2. The lowest BCUT2D eigenvalue weighted by Gasteiger charge is -2.24. The Hall–Kier alpha value is -3.14. The number of aromatic nitrogens is 2. The Morgan fingerprint density at radius 1 is 0.215 bits per heavy atom. The molecule has 0 radical (unpaired) electrons. The maximum atomic E-state index is 7.96. The predicted molar refractivity (Wildman–Crippen MR) is 654 cm³/mol. The molecule has 144 heavy (non-hydrogen) atoms. The molecule has 9 rings (SSSR count). The normalized spacial score (nSPS) is 12.8. The van der Waals surface area contributed by atoms with Crippen LogP contribution in [0.15, 0.2) is 110 Å².